The third kappa shape index (κ3) is 7.45. The third-order valence-electron chi connectivity index (χ3n) is 3.76. The van der Waals surface area contributed by atoms with E-state index in [1.807, 2.05) is 43.3 Å². The zero-order valence-electron chi connectivity index (χ0n) is 14.6. The molecule has 0 aromatic heterocycles. The molecule has 0 spiro atoms. The lowest BCUT2D eigenvalue weighted by Gasteiger charge is -2.13. The SMILES string of the molecule is C[C@H](CO)NCCOCCOc1ccc(Cl)cc1Cc1ccccc1. The van der Waals surface area contributed by atoms with Crippen LogP contribution in [0.15, 0.2) is 48.5 Å². The summed E-state index contributed by atoms with van der Waals surface area (Å²) in [5.41, 5.74) is 2.28. The van der Waals surface area contributed by atoms with Crippen molar-refractivity contribution in [3.63, 3.8) is 0 Å². The molecule has 0 bridgehead atoms. The van der Waals surface area contributed by atoms with E-state index in [0.717, 1.165) is 17.7 Å². The molecule has 0 saturated heterocycles. The molecule has 4 nitrogen and oxygen atoms in total. The van der Waals surface area contributed by atoms with Crippen molar-refractivity contribution in [3.05, 3.63) is 64.7 Å². The Morgan fingerprint density at radius 1 is 1.08 bits per heavy atom. The van der Waals surface area contributed by atoms with Crippen molar-refractivity contribution in [1.29, 1.82) is 0 Å². The first-order valence-electron chi connectivity index (χ1n) is 8.56. The van der Waals surface area contributed by atoms with Gasteiger partial charge in [-0.2, -0.15) is 0 Å². The van der Waals surface area contributed by atoms with Gasteiger partial charge in [0.15, 0.2) is 0 Å². The summed E-state index contributed by atoms with van der Waals surface area (Å²) in [7, 11) is 0. The van der Waals surface area contributed by atoms with Gasteiger partial charge < -0.3 is 19.9 Å². The second-order valence-electron chi connectivity index (χ2n) is 5.91. The minimum Gasteiger partial charge on any atom is -0.491 e. The Bertz CT molecular complexity index is 622. The highest BCUT2D eigenvalue weighted by Crippen LogP contribution is 2.25. The van der Waals surface area contributed by atoms with Crippen LogP contribution in [0.4, 0.5) is 0 Å². The molecule has 2 aromatic rings. The molecule has 2 N–H and O–H groups in total. The van der Waals surface area contributed by atoms with Gasteiger partial charge >= 0.3 is 0 Å². The van der Waals surface area contributed by atoms with Crippen LogP contribution in [0.5, 0.6) is 5.75 Å². The maximum atomic E-state index is 8.92. The fourth-order valence-corrected chi connectivity index (χ4v) is 2.59. The molecule has 2 rings (SSSR count). The molecule has 0 aliphatic carbocycles. The molecule has 2 aromatic carbocycles. The van der Waals surface area contributed by atoms with E-state index in [1.165, 1.54) is 5.56 Å². The van der Waals surface area contributed by atoms with Gasteiger partial charge in [0.25, 0.3) is 0 Å². The van der Waals surface area contributed by atoms with E-state index in [2.05, 4.69) is 17.4 Å². The number of hydrogen-bond acceptors (Lipinski definition) is 4. The number of nitrogens with one attached hydrogen (secondary N) is 1. The summed E-state index contributed by atoms with van der Waals surface area (Å²) in [4.78, 5) is 0. The monoisotopic (exact) mass is 363 g/mol. The Morgan fingerprint density at radius 3 is 2.64 bits per heavy atom. The van der Waals surface area contributed by atoms with E-state index >= 15 is 0 Å². The summed E-state index contributed by atoms with van der Waals surface area (Å²) in [6, 6.07) is 16.0. The zero-order valence-corrected chi connectivity index (χ0v) is 15.3. The highest BCUT2D eigenvalue weighted by atomic mass is 35.5. The number of aliphatic hydroxyl groups excluding tert-OH is 1. The summed E-state index contributed by atoms with van der Waals surface area (Å²) in [6.07, 6.45) is 0.778. The Kier molecular flexibility index (Phi) is 8.77. The molecule has 0 heterocycles. The summed E-state index contributed by atoms with van der Waals surface area (Å²) >= 11 is 6.13. The molecule has 0 unspecified atom stereocenters. The van der Waals surface area contributed by atoms with Crippen LogP contribution < -0.4 is 10.1 Å². The van der Waals surface area contributed by atoms with Gasteiger partial charge in [-0.1, -0.05) is 41.9 Å². The van der Waals surface area contributed by atoms with Crippen LogP contribution in [0.1, 0.15) is 18.1 Å². The van der Waals surface area contributed by atoms with Crippen LogP contribution in [-0.2, 0) is 11.2 Å². The number of rotatable bonds is 11. The number of aliphatic hydroxyl groups is 1. The second-order valence-corrected chi connectivity index (χ2v) is 6.35. The largest absolute Gasteiger partial charge is 0.491 e. The van der Waals surface area contributed by atoms with Crippen molar-refractivity contribution in [1.82, 2.24) is 5.32 Å². The van der Waals surface area contributed by atoms with Gasteiger partial charge in [-0.05, 0) is 36.2 Å². The lowest BCUT2D eigenvalue weighted by atomic mass is 10.0. The van der Waals surface area contributed by atoms with Crippen molar-refractivity contribution >= 4 is 11.6 Å². The fraction of sp³-hybridized carbons (Fsp3) is 0.400. The summed E-state index contributed by atoms with van der Waals surface area (Å²) in [5.74, 6) is 0.837. The standard InChI is InChI=1S/C20H26ClNO3/c1-16(15-23)22-9-10-24-11-12-25-20-8-7-19(21)14-18(20)13-17-5-3-2-4-6-17/h2-8,14,16,22-23H,9-13,15H2,1H3/t16-/m1/s1. The number of benzene rings is 2. The number of ether oxygens (including phenoxy) is 2. The van der Waals surface area contributed by atoms with E-state index in [9.17, 15) is 0 Å². The minimum absolute atomic E-state index is 0.0921. The lowest BCUT2D eigenvalue weighted by molar-refractivity contribution is 0.0986. The molecule has 0 amide bonds. The van der Waals surface area contributed by atoms with Crippen molar-refractivity contribution < 1.29 is 14.6 Å². The van der Waals surface area contributed by atoms with Gasteiger partial charge in [0.1, 0.15) is 12.4 Å². The molecule has 0 radical (unpaired) electrons. The predicted molar refractivity (Wildman–Crippen MR) is 102 cm³/mol. The Morgan fingerprint density at radius 2 is 1.88 bits per heavy atom. The Balaban J connectivity index is 1.78. The molecular weight excluding hydrogens is 338 g/mol. The molecule has 0 aliphatic rings. The fourth-order valence-electron chi connectivity index (χ4n) is 2.40. The second kappa shape index (κ2) is 11.1. The maximum absolute atomic E-state index is 8.92. The summed E-state index contributed by atoms with van der Waals surface area (Å²) < 4.78 is 11.4. The van der Waals surface area contributed by atoms with Crippen LogP contribution in [0.25, 0.3) is 0 Å². The van der Waals surface area contributed by atoms with E-state index < -0.39 is 0 Å². The highest BCUT2D eigenvalue weighted by Gasteiger charge is 2.06. The first kappa shape index (κ1) is 19.7. The average molecular weight is 364 g/mol. The smallest absolute Gasteiger partial charge is 0.123 e. The normalized spacial score (nSPS) is 12.1. The van der Waals surface area contributed by atoms with Gasteiger partial charge in [-0.3, -0.25) is 0 Å². The quantitative estimate of drug-likeness (QED) is 0.601. The first-order chi connectivity index (χ1) is 12.2. The van der Waals surface area contributed by atoms with Crippen molar-refractivity contribution in [2.75, 3.05) is 33.0 Å². The minimum atomic E-state index is 0.0921. The maximum Gasteiger partial charge on any atom is 0.123 e. The van der Waals surface area contributed by atoms with Crippen molar-refractivity contribution in [2.45, 2.75) is 19.4 Å². The molecule has 0 saturated carbocycles. The number of hydrogen-bond donors (Lipinski definition) is 2. The molecule has 136 valence electrons. The van der Waals surface area contributed by atoms with Crippen LogP contribution in [-0.4, -0.2) is 44.1 Å². The van der Waals surface area contributed by atoms with Crippen molar-refractivity contribution in [2.24, 2.45) is 0 Å². The van der Waals surface area contributed by atoms with Crippen molar-refractivity contribution in [3.8, 4) is 5.75 Å². The molecule has 1 atom stereocenters. The molecule has 0 fully saturated rings. The van der Waals surface area contributed by atoms with Crippen LogP contribution >= 0.6 is 11.6 Å². The molecular formula is C20H26ClNO3. The van der Waals surface area contributed by atoms with Crippen LogP contribution in [0, 0.1) is 0 Å². The molecule has 5 heteroatoms. The summed E-state index contributed by atoms with van der Waals surface area (Å²) in [6.45, 7) is 4.36. The van der Waals surface area contributed by atoms with Gasteiger partial charge in [0, 0.05) is 24.0 Å². The third-order valence-corrected chi connectivity index (χ3v) is 3.99. The van der Waals surface area contributed by atoms with Crippen LogP contribution in [0.3, 0.4) is 0 Å². The van der Waals surface area contributed by atoms with E-state index in [1.54, 1.807) is 0 Å². The van der Waals surface area contributed by atoms with E-state index in [-0.39, 0.29) is 12.6 Å². The van der Waals surface area contributed by atoms with Gasteiger partial charge in [0.2, 0.25) is 0 Å². The summed E-state index contributed by atoms with van der Waals surface area (Å²) in [5, 5.41) is 12.8. The average Bonchev–Trinajstić information content (AvgIpc) is 2.63. The van der Waals surface area contributed by atoms with E-state index in [0.29, 0.717) is 31.4 Å². The molecule has 25 heavy (non-hydrogen) atoms. The molecule has 0 aliphatic heterocycles. The predicted octanol–water partition coefficient (Wildman–Crippen LogP) is 3.30. The van der Waals surface area contributed by atoms with Gasteiger partial charge in [0.05, 0.1) is 19.8 Å². The van der Waals surface area contributed by atoms with E-state index in [4.69, 9.17) is 26.2 Å². The Hall–Kier alpha value is -1.59. The lowest BCUT2D eigenvalue weighted by Crippen LogP contribution is -2.32. The topological polar surface area (TPSA) is 50.7 Å². The van der Waals surface area contributed by atoms with Gasteiger partial charge in [-0.15, -0.1) is 0 Å². The Labute approximate surface area is 154 Å². The number of halogens is 1. The zero-order chi connectivity index (χ0) is 17.9. The first-order valence-corrected chi connectivity index (χ1v) is 8.94. The highest BCUT2D eigenvalue weighted by molar-refractivity contribution is 6.30. The van der Waals surface area contributed by atoms with Crippen LogP contribution in [0.2, 0.25) is 5.02 Å². The van der Waals surface area contributed by atoms with Gasteiger partial charge in [-0.25, -0.2) is 0 Å².